The van der Waals surface area contributed by atoms with Crippen molar-refractivity contribution in [2.45, 2.75) is 129 Å². The molecule has 0 spiro atoms. The number of carbonyl (C=O) groups is 3. The summed E-state index contributed by atoms with van der Waals surface area (Å²) in [5, 5.41) is 4.88. The van der Waals surface area contributed by atoms with Crippen LogP contribution in [-0.4, -0.2) is 54.5 Å². The first-order valence-corrected chi connectivity index (χ1v) is 15.8. The lowest BCUT2D eigenvalue weighted by atomic mass is 10.0. The van der Waals surface area contributed by atoms with E-state index in [9.17, 15) is 23.8 Å². The molecule has 0 saturated carbocycles. The molecule has 3 amide bonds. The van der Waals surface area contributed by atoms with Crippen LogP contribution in [0.5, 0.6) is 0 Å². The van der Waals surface area contributed by atoms with Crippen molar-refractivity contribution in [1.29, 1.82) is 0 Å². The number of carbonyl (C=O) groups excluding carboxylic acids is 3. The van der Waals surface area contributed by atoms with Crippen molar-refractivity contribution in [3.05, 3.63) is 0 Å². The molecule has 0 aliphatic carbocycles. The second kappa shape index (κ2) is 23.4. The molecule has 0 aliphatic rings. The van der Waals surface area contributed by atoms with E-state index in [2.05, 4.69) is 17.6 Å². The lowest BCUT2D eigenvalue weighted by Gasteiger charge is -2.17. The van der Waals surface area contributed by atoms with E-state index >= 15 is 0 Å². The van der Waals surface area contributed by atoms with Gasteiger partial charge in [0.25, 0.3) is 0 Å². The van der Waals surface area contributed by atoms with Crippen molar-refractivity contribution in [3.8, 4) is 0 Å². The van der Waals surface area contributed by atoms with Gasteiger partial charge in [0.15, 0.2) is 0 Å². The minimum Gasteiger partial charge on any atom is -0.368 e. The fraction of sp³-hybridized carbons (Fsp3) is 0.885. The summed E-state index contributed by atoms with van der Waals surface area (Å²) in [5.41, 5.74) is 7.25. The molecule has 0 rings (SSSR count). The van der Waals surface area contributed by atoms with Crippen LogP contribution in [0.3, 0.4) is 0 Å². The van der Waals surface area contributed by atoms with E-state index in [-0.39, 0.29) is 32.6 Å². The Hall–Kier alpha value is -1.52. The Labute approximate surface area is 230 Å². The average Bonchev–Trinajstić information content (AvgIpc) is 2.90. The molecule has 0 bridgehead atoms. The van der Waals surface area contributed by atoms with Crippen molar-refractivity contribution >= 4 is 25.5 Å². The van der Waals surface area contributed by atoms with Crippen molar-refractivity contribution in [1.82, 2.24) is 10.6 Å². The number of rotatable bonds is 27. The summed E-state index contributed by atoms with van der Waals surface area (Å²) in [6, 6.07) is -1.90. The predicted molar refractivity (Wildman–Crippen MR) is 149 cm³/mol. The van der Waals surface area contributed by atoms with Crippen molar-refractivity contribution in [3.63, 3.8) is 0 Å². The van der Waals surface area contributed by atoms with Gasteiger partial charge >= 0.3 is 7.82 Å². The Kier molecular flexibility index (Phi) is 21.2. The number of nitrogens with two attached hydrogens (primary N) is 2. The quantitative estimate of drug-likeness (QED) is 0.0735. The Morgan fingerprint density at radius 3 is 1.89 bits per heavy atom. The number of nitrogens with one attached hydrogen (secondary N) is 2. The normalized spacial score (nSPS) is 14.8. The monoisotopic (exact) mass is 565 g/mol. The molecule has 0 radical (unpaired) electrons. The van der Waals surface area contributed by atoms with Gasteiger partial charge in [-0.2, -0.15) is 0 Å². The van der Waals surface area contributed by atoms with Crippen LogP contribution >= 0.6 is 7.82 Å². The minimum absolute atomic E-state index is 0.0285. The van der Waals surface area contributed by atoms with Gasteiger partial charge in [0.05, 0.1) is 19.3 Å². The van der Waals surface area contributed by atoms with Gasteiger partial charge in [0, 0.05) is 13.0 Å². The number of unbranched alkanes of at least 4 members (excludes halogenated alkanes) is 13. The Balaban J connectivity index is 3.75. The van der Waals surface area contributed by atoms with E-state index in [1.165, 1.54) is 71.1 Å². The average molecular weight is 566 g/mol. The van der Waals surface area contributed by atoms with E-state index in [0.29, 0.717) is 6.42 Å². The SMILES string of the molecule is [2H]N[C@@H](C)C(=O)N[C@@H](CCC(=O)NCCOP(=O)(O)OCCCCCCCCCCCCCCCC)C(N)=O. The third-order valence-electron chi connectivity index (χ3n) is 6.14. The summed E-state index contributed by atoms with van der Waals surface area (Å²) in [6.07, 6.45) is 16.9. The fourth-order valence-corrected chi connectivity index (χ4v) is 4.57. The molecule has 0 aromatic rings. The van der Waals surface area contributed by atoms with Gasteiger partial charge in [-0.3, -0.25) is 23.4 Å². The van der Waals surface area contributed by atoms with E-state index in [4.69, 9.17) is 16.2 Å². The van der Waals surface area contributed by atoms with Crippen LogP contribution in [0.1, 0.15) is 117 Å². The maximum atomic E-state index is 12.0. The summed E-state index contributed by atoms with van der Waals surface area (Å²) in [5.74, 6) is -1.83. The molecule has 1 unspecified atom stereocenters. The first-order chi connectivity index (χ1) is 18.6. The molecular formula is C26H53N4O7P. The number of amides is 3. The van der Waals surface area contributed by atoms with Crippen molar-refractivity contribution in [2.24, 2.45) is 11.5 Å². The Morgan fingerprint density at radius 2 is 1.39 bits per heavy atom. The van der Waals surface area contributed by atoms with Crippen LogP contribution in [0.25, 0.3) is 0 Å². The lowest BCUT2D eigenvalue weighted by molar-refractivity contribution is -0.128. The van der Waals surface area contributed by atoms with Gasteiger partial charge in [-0.05, 0) is 19.8 Å². The van der Waals surface area contributed by atoms with Crippen LogP contribution in [0, 0.1) is 0 Å². The van der Waals surface area contributed by atoms with Gasteiger partial charge in [0.2, 0.25) is 17.7 Å². The largest absolute Gasteiger partial charge is 0.472 e. The Bertz CT molecular complexity index is 718. The number of phosphoric ester groups is 1. The van der Waals surface area contributed by atoms with Crippen LogP contribution in [0.15, 0.2) is 0 Å². The smallest absolute Gasteiger partial charge is 0.368 e. The summed E-state index contributed by atoms with van der Waals surface area (Å²) in [7, 11) is -4.19. The zero-order valence-electron chi connectivity index (χ0n) is 24.5. The molecule has 0 heterocycles. The molecule has 0 aliphatic heterocycles. The molecule has 12 heteroatoms. The second-order valence-corrected chi connectivity index (χ2v) is 11.3. The molecular weight excluding hydrogens is 511 g/mol. The topological polar surface area (TPSA) is 183 Å². The molecule has 38 heavy (non-hydrogen) atoms. The van der Waals surface area contributed by atoms with Crippen LogP contribution in [0.2, 0.25) is 1.41 Å². The molecule has 3 atom stereocenters. The van der Waals surface area contributed by atoms with E-state index < -0.39 is 37.6 Å². The highest BCUT2D eigenvalue weighted by Gasteiger charge is 2.22. The lowest BCUT2D eigenvalue weighted by Crippen LogP contribution is -2.49. The number of phosphoric acid groups is 1. The number of primary amides is 1. The van der Waals surface area contributed by atoms with E-state index in [0.717, 1.165) is 19.3 Å². The summed E-state index contributed by atoms with van der Waals surface area (Å²) >= 11 is 0. The van der Waals surface area contributed by atoms with E-state index in [1.807, 2.05) is 5.73 Å². The summed E-state index contributed by atoms with van der Waals surface area (Å²) < 4.78 is 28.8. The van der Waals surface area contributed by atoms with Crippen LogP contribution in [0.4, 0.5) is 0 Å². The van der Waals surface area contributed by atoms with Gasteiger partial charge in [-0.15, -0.1) is 0 Å². The second-order valence-electron chi connectivity index (χ2n) is 9.81. The number of hydrogen-bond donors (Lipinski definition) is 5. The minimum atomic E-state index is -4.19. The predicted octanol–water partition coefficient (Wildman–Crippen LogP) is 3.82. The standard InChI is InChI=1S/C26H53N4O7P/c1-3-4-5-6-7-8-9-10-11-12-13-14-15-16-20-36-38(34,35)37-21-19-29-24(31)18-17-23(25(28)32)30-26(33)22(2)27/h22-23H,3-21,27H2,1-2H3,(H2,28,32)(H,29,31)(H,30,33)(H,34,35)/t22-,23-/m0/s1/i/hD. The highest BCUT2D eigenvalue weighted by molar-refractivity contribution is 7.47. The maximum absolute atomic E-state index is 12.0. The molecule has 0 aromatic heterocycles. The van der Waals surface area contributed by atoms with Gasteiger partial charge in [0.1, 0.15) is 7.45 Å². The van der Waals surface area contributed by atoms with Crippen molar-refractivity contribution < 1.29 is 34.3 Å². The maximum Gasteiger partial charge on any atom is 0.472 e. The van der Waals surface area contributed by atoms with Crippen LogP contribution < -0.4 is 22.1 Å². The number of hydrogen-bond acceptors (Lipinski definition) is 7. The molecule has 7 N–H and O–H groups in total. The van der Waals surface area contributed by atoms with Gasteiger partial charge < -0.3 is 27.0 Å². The van der Waals surface area contributed by atoms with E-state index in [1.54, 1.807) is 0 Å². The zero-order chi connectivity index (χ0) is 29.4. The summed E-state index contributed by atoms with van der Waals surface area (Å²) in [4.78, 5) is 45.0. The first-order valence-electron chi connectivity index (χ1n) is 14.8. The third kappa shape index (κ3) is 22.5. The molecule has 0 aromatic carbocycles. The molecule has 0 fully saturated rings. The van der Waals surface area contributed by atoms with Gasteiger partial charge in [-0.25, -0.2) is 4.57 Å². The fourth-order valence-electron chi connectivity index (χ4n) is 3.81. The molecule has 0 saturated heterocycles. The zero-order valence-corrected chi connectivity index (χ0v) is 24.4. The highest BCUT2D eigenvalue weighted by atomic mass is 31.2. The van der Waals surface area contributed by atoms with Crippen molar-refractivity contribution in [2.75, 3.05) is 19.8 Å². The molecule has 224 valence electrons. The molecule has 11 nitrogen and oxygen atoms in total. The van der Waals surface area contributed by atoms with Gasteiger partial charge in [-0.1, -0.05) is 90.4 Å². The summed E-state index contributed by atoms with van der Waals surface area (Å²) in [6.45, 7) is 3.56. The Morgan fingerprint density at radius 1 is 0.895 bits per heavy atom. The highest BCUT2D eigenvalue weighted by Crippen LogP contribution is 2.43. The third-order valence-corrected chi connectivity index (χ3v) is 7.16. The first kappa shape index (κ1) is 34.5. The van der Waals surface area contributed by atoms with Crippen LogP contribution in [-0.2, 0) is 28.0 Å².